The lowest BCUT2D eigenvalue weighted by molar-refractivity contribution is 0.414. The second-order valence-corrected chi connectivity index (χ2v) is 10.2. The first kappa shape index (κ1) is 24.1. The first-order valence-electron chi connectivity index (χ1n) is 13.6. The Hall–Kier alpha value is -4.96. The molecule has 4 nitrogen and oxygen atoms in total. The van der Waals surface area contributed by atoms with Crippen LogP contribution in [0.5, 0.6) is 11.5 Å². The molecule has 7 rings (SSSR count). The zero-order chi connectivity index (χ0) is 27.1. The summed E-state index contributed by atoms with van der Waals surface area (Å²) in [7, 11) is 3.41. The molecule has 0 aliphatic carbocycles. The van der Waals surface area contributed by atoms with Gasteiger partial charge in [0.15, 0.2) is 0 Å². The van der Waals surface area contributed by atoms with Gasteiger partial charge in [-0.3, -0.25) is 0 Å². The van der Waals surface area contributed by atoms with Crippen LogP contribution in [0.25, 0.3) is 27.8 Å². The maximum Gasteiger partial charge on any atom is 0.119 e. The minimum atomic E-state index is 0.208. The van der Waals surface area contributed by atoms with Crippen LogP contribution in [0.1, 0.15) is 17.2 Å². The van der Waals surface area contributed by atoms with Gasteiger partial charge in [-0.25, -0.2) is 0 Å². The zero-order valence-electron chi connectivity index (χ0n) is 22.6. The predicted molar refractivity (Wildman–Crippen MR) is 163 cm³/mol. The second kappa shape index (κ2) is 9.97. The van der Waals surface area contributed by atoms with Gasteiger partial charge in [-0.15, -0.1) is 0 Å². The van der Waals surface area contributed by atoms with Crippen molar-refractivity contribution >= 4 is 22.3 Å². The van der Waals surface area contributed by atoms with Crippen LogP contribution in [0.3, 0.4) is 0 Å². The monoisotopic (exact) mass is 522 g/mol. The summed E-state index contributed by atoms with van der Waals surface area (Å²) < 4.78 is 13.3. The highest BCUT2D eigenvalue weighted by Crippen LogP contribution is 2.48. The van der Waals surface area contributed by atoms with Gasteiger partial charge in [0.25, 0.3) is 0 Å². The third kappa shape index (κ3) is 4.09. The van der Waals surface area contributed by atoms with Gasteiger partial charge in [-0.05, 0) is 89.8 Å². The molecule has 1 atom stereocenters. The number of benzene rings is 5. The Morgan fingerprint density at radius 1 is 0.625 bits per heavy atom. The van der Waals surface area contributed by atoms with E-state index >= 15 is 0 Å². The average molecular weight is 523 g/mol. The number of methoxy groups -OCH3 is 2. The van der Waals surface area contributed by atoms with E-state index in [0.29, 0.717) is 0 Å². The molecule has 2 heterocycles. The molecule has 1 aromatic heterocycles. The van der Waals surface area contributed by atoms with Gasteiger partial charge in [0.1, 0.15) is 11.5 Å². The third-order valence-electron chi connectivity index (χ3n) is 7.92. The molecule has 0 fully saturated rings. The van der Waals surface area contributed by atoms with Gasteiger partial charge in [0.05, 0.1) is 31.5 Å². The number of ether oxygens (including phenoxy) is 2. The molecule has 4 heteroatoms. The lowest BCUT2D eigenvalue weighted by atomic mass is 10.0. The first-order chi connectivity index (χ1) is 19.7. The van der Waals surface area contributed by atoms with E-state index in [2.05, 4.69) is 113 Å². The summed E-state index contributed by atoms with van der Waals surface area (Å²) in [5.41, 5.74) is 9.71. The Morgan fingerprint density at radius 3 is 1.85 bits per heavy atom. The Morgan fingerprint density at radius 2 is 1.23 bits per heavy atom. The van der Waals surface area contributed by atoms with Gasteiger partial charge in [-0.2, -0.15) is 0 Å². The van der Waals surface area contributed by atoms with Gasteiger partial charge in [0, 0.05) is 22.4 Å². The van der Waals surface area contributed by atoms with Gasteiger partial charge < -0.3 is 18.9 Å². The predicted octanol–water partition coefficient (Wildman–Crippen LogP) is 8.75. The van der Waals surface area contributed by atoms with Crippen molar-refractivity contribution in [3.8, 4) is 28.4 Å². The summed E-state index contributed by atoms with van der Waals surface area (Å²) in [5.74, 6) is 1.71. The van der Waals surface area contributed by atoms with Crippen LogP contribution in [0.15, 0.2) is 127 Å². The summed E-state index contributed by atoms with van der Waals surface area (Å²) in [5, 5.41) is 1.21. The minimum Gasteiger partial charge on any atom is -0.497 e. The Kier molecular flexibility index (Phi) is 6.01. The van der Waals surface area contributed by atoms with Crippen LogP contribution >= 0.6 is 0 Å². The SMILES string of the molecule is COc1ccc(N2c3cc4cc(-c5ccccc5)n(-c5ccc(OC)cc5)c4cc3CC2c2ccccc2)cc1. The molecule has 0 spiro atoms. The van der Waals surface area contributed by atoms with Crippen LogP contribution in [-0.4, -0.2) is 18.8 Å². The van der Waals surface area contributed by atoms with Crippen LogP contribution in [0.4, 0.5) is 11.4 Å². The maximum absolute atomic E-state index is 5.46. The topological polar surface area (TPSA) is 26.6 Å². The van der Waals surface area contributed by atoms with E-state index in [1.165, 1.54) is 39.0 Å². The third-order valence-corrected chi connectivity index (χ3v) is 7.92. The second-order valence-electron chi connectivity index (χ2n) is 10.2. The fraction of sp³-hybridized carbons (Fsp3) is 0.111. The lowest BCUT2D eigenvalue weighted by Crippen LogP contribution is -2.19. The van der Waals surface area contributed by atoms with Crippen molar-refractivity contribution in [3.63, 3.8) is 0 Å². The summed E-state index contributed by atoms with van der Waals surface area (Å²) >= 11 is 0. The average Bonchev–Trinajstić information content (AvgIpc) is 3.59. The molecule has 0 N–H and O–H groups in total. The molecule has 0 amide bonds. The van der Waals surface area contributed by atoms with Crippen LogP contribution in [-0.2, 0) is 6.42 Å². The Balaban J connectivity index is 1.44. The van der Waals surface area contributed by atoms with Crippen molar-refractivity contribution in [1.29, 1.82) is 0 Å². The molecule has 5 aromatic carbocycles. The maximum atomic E-state index is 5.46. The summed E-state index contributed by atoms with van der Waals surface area (Å²) in [6.45, 7) is 0. The molecule has 0 bridgehead atoms. The Bertz CT molecular complexity index is 1770. The standard InChI is InChI=1S/C36H30N2O2/c1-39-31-17-13-29(14-18-31)37-33(25-9-5-3-6-10-25)21-27-24-36-28(23-35(27)37)22-34(26-11-7-4-8-12-26)38(36)30-15-19-32(40-2)20-16-30/h3-21,23-24,34H,22H2,1-2H3. The number of aromatic nitrogens is 1. The molecule has 0 radical (unpaired) electrons. The van der Waals surface area contributed by atoms with Crippen LogP contribution in [0.2, 0.25) is 0 Å². The van der Waals surface area contributed by atoms with E-state index in [0.717, 1.165) is 29.3 Å². The highest BCUT2D eigenvalue weighted by Gasteiger charge is 2.33. The van der Waals surface area contributed by atoms with Gasteiger partial charge in [-0.1, -0.05) is 60.7 Å². The van der Waals surface area contributed by atoms with E-state index in [1.54, 1.807) is 14.2 Å². The fourth-order valence-electron chi connectivity index (χ4n) is 5.98. The Labute approximate surface area is 234 Å². The minimum absolute atomic E-state index is 0.208. The van der Waals surface area contributed by atoms with Crippen molar-refractivity contribution in [2.75, 3.05) is 19.1 Å². The highest BCUT2D eigenvalue weighted by molar-refractivity contribution is 5.94. The normalized spacial score (nSPS) is 14.3. The fourth-order valence-corrected chi connectivity index (χ4v) is 5.98. The van der Waals surface area contributed by atoms with E-state index in [9.17, 15) is 0 Å². The van der Waals surface area contributed by atoms with Gasteiger partial charge >= 0.3 is 0 Å². The molecule has 0 saturated heterocycles. The molecule has 1 aliphatic rings. The quantitative estimate of drug-likeness (QED) is 0.219. The molecular weight excluding hydrogens is 492 g/mol. The number of hydrogen-bond donors (Lipinski definition) is 0. The number of nitrogens with zero attached hydrogens (tertiary/aromatic N) is 2. The molecule has 1 aliphatic heterocycles. The molecule has 6 aromatic rings. The number of rotatable bonds is 6. The largest absolute Gasteiger partial charge is 0.497 e. The number of fused-ring (bicyclic) bond motifs is 2. The van der Waals surface area contributed by atoms with Crippen molar-refractivity contribution in [3.05, 3.63) is 139 Å². The smallest absolute Gasteiger partial charge is 0.119 e. The summed E-state index contributed by atoms with van der Waals surface area (Å²) in [6.07, 6.45) is 0.926. The summed E-state index contributed by atoms with van der Waals surface area (Å²) in [4.78, 5) is 2.48. The summed E-state index contributed by atoms with van der Waals surface area (Å²) in [6, 6.07) is 45.4. The van der Waals surface area contributed by atoms with E-state index in [1.807, 2.05) is 24.3 Å². The van der Waals surface area contributed by atoms with E-state index in [4.69, 9.17) is 9.47 Å². The van der Waals surface area contributed by atoms with Crippen LogP contribution < -0.4 is 14.4 Å². The van der Waals surface area contributed by atoms with E-state index in [-0.39, 0.29) is 6.04 Å². The van der Waals surface area contributed by atoms with Crippen molar-refractivity contribution in [2.45, 2.75) is 12.5 Å². The van der Waals surface area contributed by atoms with Crippen LogP contribution in [0, 0.1) is 0 Å². The van der Waals surface area contributed by atoms with Gasteiger partial charge in [0.2, 0.25) is 0 Å². The first-order valence-corrected chi connectivity index (χ1v) is 13.6. The molecule has 196 valence electrons. The molecule has 1 unspecified atom stereocenters. The highest BCUT2D eigenvalue weighted by atomic mass is 16.5. The molecule has 40 heavy (non-hydrogen) atoms. The number of hydrogen-bond acceptors (Lipinski definition) is 3. The zero-order valence-corrected chi connectivity index (χ0v) is 22.6. The lowest BCUT2D eigenvalue weighted by Gasteiger charge is -2.28. The molecular formula is C36H30N2O2. The van der Waals surface area contributed by atoms with Crippen molar-refractivity contribution in [2.24, 2.45) is 0 Å². The molecule has 0 saturated carbocycles. The van der Waals surface area contributed by atoms with E-state index < -0.39 is 0 Å². The van der Waals surface area contributed by atoms with Crippen molar-refractivity contribution in [1.82, 2.24) is 4.57 Å². The van der Waals surface area contributed by atoms with Crippen molar-refractivity contribution < 1.29 is 9.47 Å². The number of anilines is 2.